The van der Waals surface area contributed by atoms with Gasteiger partial charge in [0.15, 0.2) is 0 Å². The molecule has 1 N–H and O–H groups in total. The average molecular weight is 402 g/mol. The second-order valence-corrected chi connectivity index (χ2v) is 5.49. The van der Waals surface area contributed by atoms with Gasteiger partial charge in [-0.2, -0.15) is 0 Å². The average Bonchev–Trinajstić information content (AvgIpc) is 2.36. The number of ether oxygens (including phenoxy) is 1. The summed E-state index contributed by atoms with van der Waals surface area (Å²) in [5.74, 6) is 0.374. The first kappa shape index (κ1) is 16.0. The van der Waals surface area contributed by atoms with Crippen molar-refractivity contribution in [3.8, 4) is 0 Å². The van der Waals surface area contributed by atoms with Crippen molar-refractivity contribution in [2.24, 2.45) is 0 Å². The lowest BCUT2D eigenvalue weighted by Crippen LogP contribution is -2.25. The number of alkyl halides is 1. The van der Waals surface area contributed by atoms with Crippen molar-refractivity contribution in [2.75, 3.05) is 25.6 Å². The molecule has 0 spiro atoms. The minimum absolute atomic E-state index is 0.120. The van der Waals surface area contributed by atoms with Gasteiger partial charge in [-0.25, -0.2) is 0 Å². The summed E-state index contributed by atoms with van der Waals surface area (Å²) in [5, 5.41) is 3.40. The maximum Gasteiger partial charge on any atom is 0.251 e. The van der Waals surface area contributed by atoms with Crippen LogP contribution in [0.25, 0.3) is 0 Å². The molecule has 1 amide bonds. The fourth-order valence-corrected chi connectivity index (χ4v) is 1.90. The van der Waals surface area contributed by atoms with Gasteiger partial charge in [-0.1, -0.05) is 11.6 Å². The predicted octanol–water partition coefficient (Wildman–Crippen LogP) is 3.32. The molecule has 0 saturated carbocycles. The molecule has 1 aromatic rings. The summed E-state index contributed by atoms with van der Waals surface area (Å²) in [6.07, 6.45) is 0.765. The lowest BCUT2D eigenvalue weighted by Gasteiger charge is -2.06. The van der Waals surface area contributed by atoms with E-state index in [0.717, 1.165) is 9.99 Å². The highest BCUT2D eigenvalue weighted by molar-refractivity contribution is 14.1. The third-order valence-electron chi connectivity index (χ3n) is 2.15. The molecule has 1 aromatic carbocycles. The maximum atomic E-state index is 11.8. The van der Waals surface area contributed by atoms with Crippen LogP contribution < -0.4 is 5.32 Å². The van der Waals surface area contributed by atoms with Gasteiger partial charge in [0.1, 0.15) is 0 Å². The van der Waals surface area contributed by atoms with Crippen LogP contribution in [0, 0.1) is 3.57 Å². The SMILES string of the molecule is O=C(NCCCOCCCl)c1ccc(I)c(Cl)c1. The van der Waals surface area contributed by atoms with Crippen LogP contribution in [0.3, 0.4) is 0 Å². The second kappa shape index (κ2) is 8.96. The van der Waals surface area contributed by atoms with Gasteiger partial charge in [0.2, 0.25) is 0 Å². The summed E-state index contributed by atoms with van der Waals surface area (Å²) >= 11 is 13.5. The Morgan fingerprint density at radius 2 is 2.17 bits per heavy atom. The quantitative estimate of drug-likeness (QED) is 0.432. The molecule has 0 radical (unpaired) electrons. The van der Waals surface area contributed by atoms with Gasteiger partial charge in [-0.05, 0) is 47.2 Å². The fraction of sp³-hybridized carbons (Fsp3) is 0.417. The molecule has 100 valence electrons. The Morgan fingerprint density at radius 3 is 2.83 bits per heavy atom. The molecular formula is C12H14Cl2INO2. The molecular weight excluding hydrogens is 388 g/mol. The van der Waals surface area contributed by atoms with Crippen molar-refractivity contribution in [1.82, 2.24) is 5.32 Å². The Labute approximate surface area is 130 Å². The van der Waals surface area contributed by atoms with E-state index in [1.165, 1.54) is 0 Å². The summed E-state index contributed by atoms with van der Waals surface area (Å²) in [6.45, 7) is 1.72. The monoisotopic (exact) mass is 401 g/mol. The first-order chi connectivity index (χ1) is 8.65. The zero-order chi connectivity index (χ0) is 13.4. The largest absolute Gasteiger partial charge is 0.380 e. The number of carbonyl (C=O) groups excluding carboxylic acids is 1. The number of halogens is 3. The molecule has 0 aromatic heterocycles. The van der Waals surface area contributed by atoms with Crippen LogP contribution in [0.5, 0.6) is 0 Å². The van der Waals surface area contributed by atoms with Gasteiger partial charge in [-0.15, -0.1) is 11.6 Å². The maximum absolute atomic E-state index is 11.8. The van der Waals surface area contributed by atoms with Crippen molar-refractivity contribution in [1.29, 1.82) is 0 Å². The minimum atomic E-state index is -0.120. The minimum Gasteiger partial charge on any atom is -0.380 e. The molecule has 0 aliphatic rings. The Balaban J connectivity index is 2.30. The Hall–Kier alpha value is -0.0400. The topological polar surface area (TPSA) is 38.3 Å². The van der Waals surface area contributed by atoms with Gasteiger partial charge >= 0.3 is 0 Å². The number of benzene rings is 1. The lowest BCUT2D eigenvalue weighted by atomic mass is 10.2. The summed E-state index contributed by atoms with van der Waals surface area (Å²) in [6, 6.07) is 5.25. The van der Waals surface area contributed by atoms with Crippen molar-refractivity contribution < 1.29 is 9.53 Å². The number of amides is 1. The zero-order valence-corrected chi connectivity index (χ0v) is 13.4. The normalized spacial score (nSPS) is 10.4. The van der Waals surface area contributed by atoms with E-state index in [4.69, 9.17) is 27.9 Å². The van der Waals surface area contributed by atoms with Gasteiger partial charge in [0.25, 0.3) is 5.91 Å². The lowest BCUT2D eigenvalue weighted by molar-refractivity contribution is 0.0944. The first-order valence-corrected chi connectivity index (χ1v) is 7.51. The molecule has 0 fully saturated rings. The number of hydrogen-bond donors (Lipinski definition) is 1. The Kier molecular flexibility index (Phi) is 7.97. The van der Waals surface area contributed by atoms with Crippen LogP contribution in [0.4, 0.5) is 0 Å². The summed E-state index contributed by atoms with van der Waals surface area (Å²) in [7, 11) is 0. The summed E-state index contributed by atoms with van der Waals surface area (Å²) in [5.41, 5.74) is 0.571. The molecule has 0 unspecified atom stereocenters. The van der Waals surface area contributed by atoms with E-state index in [-0.39, 0.29) is 5.91 Å². The molecule has 6 heteroatoms. The van der Waals surface area contributed by atoms with Crippen molar-refractivity contribution in [2.45, 2.75) is 6.42 Å². The molecule has 1 rings (SSSR count). The predicted molar refractivity (Wildman–Crippen MR) is 82.7 cm³/mol. The summed E-state index contributed by atoms with van der Waals surface area (Å²) < 4.78 is 6.13. The number of carbonyl (C=O) groups is 1. The van der Waals surface area contributed by atoms with Crippen LogP contribution >= 0.6 is 45.8 Å². The number of hydrogen-bond acceptors (Lipinski definition) is 2. The van der Waals surface area contributed by atoms with E-state index in [9.17, 15) is 4.79 Å². The second-order valence-electron chi connectivity index (χ2n) is 3.54. The van der Waals surface area contributed by atoms with Gasteiger partial charge in [0.05, 0.1) is 11.6 Å². The zero-order valence-electron chi connectivity index (χ0n) is 9.72. The Morgan fingerprint density at radius 1 is 1.39 bits per heavy atom. The number of nitrogens with one attached hydrogen (secondary N) is 1. The van der Waals surface area contributed by atoms with Gasteiger partial charge < -0.3 is 10.1 Å². The highest BCUT2D eigenvalue weighted by Crippen LogP contribution is 2.19. The van der Waals surface area contributed by atoms with Gasteiger partial charge in [0, 0.05) is 28.2 Å². The highest BCUT2D eigenvalue weighted by Gasteiger charge is 2.06. The fourth-order valence-electron chi connectivity index (χ4n) is 1.27. The molecule has 3 nitrogen and oxygen atoms in total. The molecule has 0 bridgehead atoms. The van der Waals surface area contributed by atoms with Crippen molar-refractivity contribution >= 4 is 51.7 Å². The van der Waals surface area contributed by atoms with Gasteiger partial charge in [-0.3, -0.25) is 4.79 Å². The third kappa shape index (κ3) is 5.73. The van der Waals surface area contributed by atoms with E-state index in [1.54, 1.807) is 12.1 Å². The van der Waals surface area contributed by atoms with Crippen molar-refractivity contribution in [3.05, 3.63) is 32.4 Å². The smallest absolute Gasteiger partial charge is 0.251 e. The van der Waals surface area contributed by atoms with Crippen LogP contribution in [-0.2, 0) is 4.74 Å². The third-order valence-corrected chi connectivity index (χ3v) is 3.88. The number of rotatable bonds is 7. The van der Waals surface area contributed by atoms with E-state index in [2.05, 4.69) is 27.9 Å². The van der Waals surface area contributed by atoms with E-state index in [0.29, 0.717) is 36.2 Å². The van der Waals surface area contributed by atoms with E-state index >= 15 is 0 Å². The molecule has 0 heterocycles. The van der Waals surface area contributed by atoms with Crippen LogP contribution in [-0.4, -0.2) is 31.5 Å². The van der Waals surface area contributed by atoms with Crippen LogP contribution in [0.1, 0.15) is 16.8 Å². The van der Waals surface area contributed by atoms with Crippen LogP contribution in [0.2, 0.25) is 5.02 Å². The van der Waals surface area contributed by atoms with Crippen molar-refractivity contribution in [3.63, 3.8) is 0 Å². The molecule has 0 saturated heterocycles. The van der Waals surface area contributed by atoms with E-state index in [1.807, 2.05) is 6.07 Å². The van der Waals surface area contributed by atoms with Crippen LogP contribution in [0.15, 0.2) is 18.2 Å². The molecule has 0 aliphatic carbocycles. The molecule has 18 heavy (non-hydrogen) atoms. The molecule has 0 atom stereocenters. The summed E-state index contributed by atoms with van der Waals surface area (Å²) in [4.78, 5) is 11.8. The standard InChI is InChI=1S/C12H14Cl2INO2/c13-4-7-18-6-1-5-16-12(17)9-2-3-11(15)10(14)8-9/h2-3,8H,1,4-7H2,(H,16,17). The first-order valence-electron chi connectivity index (χ1n) is 5.52. The molecule has 0 aliphatic heterocycles. The van der Waals surface area contributed by atoms with E-state index < -0.39 is 0 Å². The highest BCUT2D eigenvalue weighted by atomic mass is 127. The Bertz CT molecular complexity index is 402.